The third kappa shape index (κ3) is 7.60. The van der Waals surface area contributed by atoms with Crippen LogP contribution < -0.4 is 9.50 Å². The van der Waals surface area contributed by atoms with E-state index in [1.807, 2.05) is 6.07 Å². The molecule has 0 aliphatic heterocycles. The molecule has 1 heterocycles. The van der Waals surface area contributed by atoms with Gasteiger partial charge in [0.2, 0.25) is 5.92 Å². The summed E-state index contributed by atoms with van der Waals surface area (Å²) in [7, 11) is -4.51. The minimum atomic E-state index is -4.66. The Kier molecular flexibility index (Phi) is 8.39. The molecule has 4 rings (SSSR count). The quantitative estimate of drug-likeness (QED) is 0.264. The zero-order valence-corrected chi connectivity index (χ0v) is 22.5. The summed E-state index contributed by atoms with van der Waals surface area (Å²) in [5.74, 6) is -4.77. The molecule has 1 aliphatic rings. The molecule has 14 heteroatoms. The molecule has 1 amide bonds. The molecule has 2 aromatic carbocycles. The van der Waals surface area contributed by atoms with Crippen molar-refractivity contribution >= 4 is 16.0 Å². The van der Waals surface area contributed by atoms with Gasteiger partial charge >= 0.3 is 16.3 Å². The van der Waals surface area contributed by atoms with Crippen molar-refractivity contribution in [1.82, 2.24) is 15.1 Å². The van der Waals surface area contributed by atoms with Gasteiger partial charge in [-0.25, -0.2) is 13.5 Å². The predicted octanol–water partition coefficient (Wildman–Crippen LogP) is 5.69. The molecule has 3 aromatic rings. The van der Waals surface area contributed by atoms with E-state index in [0.29, 0.717) is 28.1 Å². The number of hydrogen-bond donors (Lipinski definition) is 1. The number of rotatable bonds is 8. The number of nitriles is 1. The molecule has 0 radical (unpaired) electrons. The van der Waals surface area contributed by atoms with Gasteiger partial charge in [-0.3, -0.25) is 4.79 Å². The van der Waals surface area contributed by atoms with Crippen LogP contribution in [-0.2, 0) is 10.1 Å². The minimum absolute atomic E-state index is 0.0229. The van der Waals surface area contributed by atoms with Gasteiger partial charge in [-0.05, 0) is 62.2 Å². The number of carbonyl (C=O) groups is 1. The average molecular weight is 597 g/mol. The second-order valence-corrected chi connectivity index (χ2v) is 11.4. The van der Waals surface area contributed by atoms with Gasteiger partial charge in [0.25, 0.3) is 5.91 Å². The topological polar surface area (TPSA) is 114 Å². The SMILES string of the molecule is Cc1c(C(=O)NC2CCC(F)(F)CC2)nn(-c2cccc(C#N)c2)c1-c1ccc(OS(=O)(=O)CCC(F)(F)F)cc1. The van der Waals surface area contributed by atoms with Gasteiger partial charge in [-0.15, -0.1) is 0 Å². The highest BCUT2D eigenvalue weighted by Gasteiger charge is 2.36. The standard InChI is InChI=1S/C27H25F5N4O4S/c1-17-23(25(37)34-20-9-11-26(28,29)12-10-20)35-36(21-4-2-3-18(15-21)16-33)24(17)19-5-7-22(8-6-19)40-41(38,39)14-13-27(30,31)32/h2-8,15,20H,9-14H2,1H3,(H,34,37). The molecule has 0 atom stereocenters. The van der Waals surface area contributed by atoms with Gasteiger partial charge in [0, 0.05) is 30.0 Å². The van der Waals surface area contributed by atoms with Crippen LogP contribution in [0.15, 0.2) is 48.5 Å². The van der Waals surface area contributed by atoms with Gasteiger partial charge in [0.1, 0.15) is 5.75 Å². The molecule has 0 unspecified atom stereocenters. The maximum atomic E-state index is 13.6. The van der Waals surface area contributed by atoms with E-state index in [2.05, 4.69) is 10.4 Å². The summed E-state index contributed by atoms with van der Waals surface area (Å²) < 4.78 is 94.7. The van der Waals surface area contributed by atoms with Gasteiger partial charge in [0.05, 0.1) is 35.2 Å². The maximum absolute atomic E-state index is 13.6. The maximum Gasteiger partial charge on any atom is 0.390 e. The van der Waals surface area contributed by atoms with Crippen LogP contribution in [0, 0.1) is 18.3 Å². The molecule has 1 aromatic heterocycles. The average Bonchev–Trinajstić information content (AvgIpc) is 3.26. The first-order chi connectivity index (χ1) is 19.2. The van der Waals surface area contributed by atoms with Crippen molar-refractivity contribution in [2.45, 2.75) is 57.2 Å². The van der Waals surface area contributed by atoms with Crippen molar-refractivity contribution in [1.29, 1.82) is 5.26 Å². The Labute approximate surface area is 232 Å². The van der Waals surface area contributed by atoms with Gasteiger partial charge < -0.3 is 9.50 Å². The number of nitrogens with zero attached hydrogens (tertiary/aromatic N) is 3. The van der Waals surface area contributed by atoms with Crippen LogP contribution >= 0.6 is 0 Å². The van der Waals surface area contributed by atoms with E-state index in [0.717, 1.165) is 0 Å². The van der Waals surface area contributed by atoms with Crippen LogP contribution in [0.4, 0.5) is 22.0 Å². The van der Waals surface area contributed by atoms with Gasteiger partial charge in [-0.2, -0.15) is 31.9 Å². The first-order valence-corrected chi connectivity index (χ1v) is 14.1. The molecule has 1 aliphatic carbocycles. The Morgan fingerprint density at radius 1 is 1.17 bits per heavy atom. The summed E-state index contributed by atoms with van der Waals surface area (Å²) in [5, 5.41) is 16.6. The summed E-state index contributed by atoms with van der Waals surface area (Å²) in [5.41, 5.74) is 2.06. The van der Waals surface area contributed by atoms with Crippen molar-refractivity contribution in [2.75, 3.05) is 5.75 Å². The number of amides is 1. The highest BCUT2D eigenvalue weighted by atomic mass is 32.2. The predicted molar refractivity (Wildman–Crippen MR) is 138 cm³/mol. The molecular formula is C27H25F5N4O4S. The smallest absolute Gasteiger partial charge is 0.382 e. The first-order valence-electron chi connectivity index (χ1n) is 12.5. The molecule has 1 saturated carbocycles. The normalized spacial score (nSPS) is 15.7. The second-order valence-electron chi connectivity index (χ2n) is 9.73. The lowest BCUT2D eigenvalue weighted by Crippen LogP contribution is -2.40. The molecular weight excluding hydrogens is 571 g/mol. The Balaban J connectivity index is 1.65. The van der Waals surface area contributed by atoms with Gasteiger partial charge in [-0.1, -0.05) is 6.07 Å². The van der Waals surface area contributed by atoms with E-state index >= 15 is 0 Å². The number of benzene rings is 2. The van der Waals surface area contributed by atoms with E-state index in [4.69, 9.17) is 4.18 Å². The third-order valence-electron chi connectivity index (χ3n) is 6.60. The minimum Gasteiger partial charge on any atom is -0.382 e. The highest BCUT2D eigenvalue weighted by molar-refractivity contribution is 7.87. The Morgan fingerprint density at radius 2 is 1.83 bits per heavy atom. The summed E-state index contributed by atoms with van der Waals surface area (Å²) in [6, 6.07) is 13.4. The fraction of sp³-hybridized carbons (Fsp3) is 0.370. The number of halogens is 5. The van der Waals surface area contributed by atoms with Crippen molar-refractivity contribution < 1.29 is 39.3 Å². The zero-order chi connectivity index (χ0) is 30.0. The molecule has 0 saturated heterocycles. The summed E-state index contributed by atoms with van der Waals surface area (Å²) in [6.07, 6.45) is -6.66. The van der Waals surface area contributed by atoms with Crippen LogP contribution in [0.25, 0.3) is 16.9 Å². The van der Waals surface area contributed by atoms with Crippen LogP contribution in [0.5, 0.6) is 5.75 Å². The fourth-order valence-corrected chi connectivity index (χ4v) is 5.45. The monoisotopic (exact) mass is 596 g/mol. The van der Waals surface area contributed by atoms with Gasteiger partial charge in [0.15, 0.2) is 5.69 Å². The lowest BCUT2D eigenvalue weighted by atomic mass is 9.92. The molecule has 41 heavy (non-hydrogen) atoms. The van der Waals surface area contributed by atoms with Crippen LogP contribution in [-0.4, -0.2) is 48.0 Å². The molecule has 218 valence electrons. The fourth-order valence-electron chi connectivity index (χ4n) is 4.48. The Morgan fingerprint density at radius 3 is 2.44 bits per heavy atom. The number of nitrogens with one attached hydrogen (secondary N) is 1. The molecule has 0 spiro atoms. The summed E-state index contributed by atoms with van der Waals surface area (Å²) in [6.45, 7) is 1.63. The van der Waals surface area contributed by atoms with E-state index in [-0.39, 0.29) is 37.1 Å². The number of alkyl halides is 5. The van der Waals surface area contributed by atoms with E-state index < -0.39 is 46.3 Å². The molecule has 1 N–H and O–H groups in total. The summed E-state index contributed by atoms with van der Waals surface area (Å²) >= 11 is 0. The Hall–Kier alpha value is -3.99. The van der Waals surface area contributed by atoms with E-state index in [1.54, 1.807) is 31.2 Å². The third-order valence-corrected chi connectivity index (χ3v) is 7.75. The van der Waals surface area contributed by atoms with Crippen molar-refractivity contribution in [3.05, 3.63) is 65.4 Å². The number of hydrogen-bond acceptors (Lipinski definition) is 6. The van der Waals surface area contributed by atoms with Crippen molar-refractivity contribution in [2.24, 2.45) is 0 Å². The van der Waals surface area contributed by atoms with Crippen LogP contribution in [0.2, 0.25) is 0 Å². The van der Waals surface area contributed by atoms with E-state index in [9.17, 15) is 40.4 Å². The largest absolute Gasteiger partial charge is 0.390 e. The summed E-state index contributed by atoms with van der Waals surface area (Å²) in [4.78, 5) is 13.2. The van der Waals surface area contributed by atoms with Crippen molar-refractivity contribution in [3.63, 3.8) is 0 Å². The molecule has 0 bridgehead atoms. The number of carbonyl (C=O) groups excluding carboxylic acids is 1. The zero-order valence-electron chi connectivity index (χ0n) is 21.7. The first kappa shape index (κ1) is 30.0. The Bertz CT molecular complexity index is 1570. The molecule has 1 fully saturated rings. The molecule has 8 nitrogen and oxygen atoms in total. The number of aromatic nitrogens is 2. The lowest BCUT2D eigenvalue weighted by molar-refractivity contribution is -0.130. The lowest BCUT2D eigenvalue weighted by Gasteiger charge is -2.28. The van der Waals surface area contributed by atoms with Crippen LogP contribution in [0.1, 0.15) is 53.7 Å². The van der Waals surface area contributed by atoms with Crippen molar-refractivity contribution in [3.8, 4) is 28.8 Å². The highest BCUT2D eigenvalue weighted by Crippen LogP contribution is 2.34. The van der Waals surface area contributed by atoms with E-state index in [1.165, 1.54) is 28.9 Å². The van der Waals surface area contributed by atoms with Crippen LogP contribution in [0.3, 0.4) is 0 Å². The second kappa shape index (κ2) is 11.5.